The summed E-state index contributed by atoms with van der Waals surface area (Å²) in [4.78, 5) is 0.468. The van der Waals surface area contributed by atoms with Crippen molar-refractivity contribution in [1.29, 1.82) is 0 Å². The smallest absolute Gasteiger partial charge is 0.182 e. The Labute approximate surface area is 153 Å². The van der Waals surface area contributed by atoms with Crippen molar-refractivity contribution in [3.8, 4) is 0 Å². The standard InChI is InChI=1S/C19H21NO3S2/c1-13-8-10-14(11-9-13)16-17(19(16,12-23-2)18(20)24)25(21,22)15-6-4-3-5-7-15/h3-11,16-17H,12H2,1-2H3,(H2,20,24)/t16-,17-,19+/m0/s1. The molecule has 1 aliphatic carbocycles. The molecule has 1 aliphatic rings. The lowest BCUT2D eigenvalue weighted by Gasteiger charge is -2.16. The van der Waals surface area contributed by atoms with Gasteiger partial charge in [0, 0.05) is 13.0 Å². The van der Waals surface area contributed by atoms with Crippen molar-refractivity contribution >= 4 is 27.0 Å². The third kappa shape index (κ3) is 2.88. The number of ether oxygens (including phenoxy) is 1. The van der Waals surface area contributed by atoms with Gasteiger partial charge in [0.05, 0.1) is 27.2 Å². The highest BCUT2D eigenvalue weighted by molar-refractivity contribution is 7.92. The van der Waals surface area contributed by atoms with E-state index in [1.54, 1.807) is 30.3 Å². The van der Waals surface area contributed by atoms with Crippen LogP contribution in [0.3, 0.4) is 0 Å². The molecule has 0 bridgehead atoms. The minimum Gasteiger partial charge on any atom is -0.393 e. The quantitative estimate of drug-likeness (QED) is 0.786. The Hall–Kier alpha value is -1.76. The fourth-order valence-electron chi connectivity index (χ4n) is 3.64. The van der Waals surface area contributed by atoms with Crippen molar-refractivity contribution in [2.75, 3.05) is 13.7 Å². The SMILES string of the molecule is COC[C@@]1(C(N)=S)[C@@H](c2ccc(C)cc2)[C@@H]1S(=O)(=O)c1ccccc1. The third-order valence-electron chi connectivity index (χ3n) is 4.94. The Bertz CT molecular complexity index is 879. The summed E-state index contributed by atoms with van der Waals surface area (Å²) < 4.78 is 31.9. The maximum atomic E-state index is 13.3. The average Bonchev–Trinajstić information content (AvgIpc) is 3.28. The van der Waals surface area contributed by atoms with E-state index in [1.807, 2.05) is 31.2 Å². The predicted molar refractivity (Wildman–Crippen MR) is 102 cm³/mol. The van der Waals surface area contributed by atoms with Gasteiger partial charge in [0.1, 0.15) is 0 Å². The summed E-state index contributed by atoms with van der Waals surface area (Å²) in [5.41, 5.74) is 7.17. The maximum Gasteiger partial charge on any atom is 0.182 e. The highest BCUT2D eigenvalue weighted by atomic mass is 32.2. The van der Waals surface area contributed by atoms with Gasteiger partial charge in [-0.05, 0) is 24.6 Å². The summed E-state index contributed by atoms with van der Waals surface area (Å²) in [5, 5.41) is -0.720. The first-order chi connectivity index (χ1) is 11.9. The third-order valence-corrected chi connectivity index (χ3v) is 7.61. The van der Waals surface area contributed by atoms with Crippen molar-refractivity contribution in [1.82, 2.24) is 0 Å². The van der Waals surface area contributed by atoms with Crippen molar-refractivity contribution < 1.29 is 13.2 Å². The molecular weight excluding hydrogens is 354 g/mol. The first-order valence-corrected chi connectivity index (χ1v) is 9.95. The van der Waals surface area contributed by atoms with E-state index >= 15 is 0 Å². The van der Waals surface area contributed by atoms with Gasteiger partial charge in [-0.15, -0.1) is 0 Å². The van der Waals surface area contributed by atoms with Crippen LogP contribution in [0.2, 0.25) is 0 Å². The molecule has 2 N–H and O–H groups in total. The summed E-state index contributed by atoms with van der Waals surface area (Å²) in [6.45, 7) is 2.17. The lowest BCUT2D eigenvalue weighted by atomic mass is 9.99. The van der Waals surface area contributed by atoms with Gasteiger partial charge in [-0.1, -0.05) is 60.2 Å². The second-order valence-corrected chi connectivity index (χ2v) is 9.01. The maximum absolute atomic E-state index is 13.3. The molecule has 2 aromatic carbocycles. The van der Waals surface area contributed by atoms with Crippen molar-refractivity contribution in [2.24, 2.45) is 11.1 Å². The second kappa shape index (κ2) is 6.52. The minimum absolute atomic E-state index is 0.178. The number of hydrogen-bond acceptors (Lipinski definition) is 4. The highest BCUT2D eigenvalue weighted by Crippen LogP contribution is 2.64. The molecule has 0 spiro atoms. The molecule has 0 unspecified atom stereocenters. The lowest BCUT2D eigenvalue weighted by molar-refractivity contribution is 0.166. The van der Waals surface area contributed by atoms with E-state index in [4.69, 9.17) is 22.7 Å². The van der Waals surface area contributed by atoms with Crippen LogP contribution in [0.1, 0.15) is 17.0 Å². The van der Waals surface area contributed by atoms with Gasteiger partial charge in [-0.3, -0.25) is 0 Å². The predicted octanol–water partition coefficient (Wildman–Crippen LogP) is 2.85. The van der Waals surface area contributed by atoms with E-state index in [-0.39, 0.29) is 22.4 Å². The number of hydrogen-bond donors (Lipinski definition) is 1. The fraction of sp³-hybridized carbons (Fsp3) is 0.316. The van der Waals surface area contributed by atoms with Crippen LogP contribution in [0.5, 0.6) is 0 Å². The van der Waals surface area contributed by atoms with E-state index in [2.05, 4.69) is 0 Å². The van der Waals surface area contributed by atoms with Gasteiger partial charge in [-0.25, -0.2) is 8.42 Å². The molecule has 1 saturated carbocycles. The van der Waals surface area contributed by atoms with E-state index in [1.165, 1.54) is 7.11 Å². The van der Waals surface area contributed by atoms with Crippen LogP contribution in [0, 0.1) is 12.3 Å². The Balaban J connectivity index is 2.12. The summed E-state index contributed by atoms with van der Waals surface area (Å²) in [7, 11) is -2.06. The Kier molecular flexibility index (Phi) is 4.70. The average molecular weight is 376 g/mol. The summed E-state index contributed by atoms with van der Waals surface area (Å²) >= 11 is 5.29. The minimum atomic E-state index is -3.60. The number of aryl methyl sites for hydroxylation is 1. The lowest BCUT2D eigenvalue weighted by Crippen LogP contribution is -2.33. The largest absolute Gasteiger partial charge is 0.393 e. The van der Waals surface area contributed by atoms with Crippen LogP contribution in [0.4, 0.5) is 0 Å². The Morgan fingerprint density at radius 2 is 1.76 bits per heavy atom. The van der Waals surface area contributed by atoms with E-state index in [0.717, 1.165) is 11.1 Å². The second-order valence-electron chi connectivity index (χ2n) is 6.50. The Morgan fingerprint density at radius 3 is 2.28 bits per heavy atom. The van der Waals surface area contributed by atoms with Gasteiger partial charge in [0.2, 0.25) is 0 Å². The van der Waals surface area contributed by atoms with Crippen LogP contribution < -0.4 is 5.73 Å². The molecule has 3 atom stereocenters. The normalized spacial score (nSPS) is 25.5. The first-order valence-electron chi connectivity index (χ1n) is 8.00. The number of nitrogens with two attached hydrogens (primary N) is 1. The molecule has 0 radical (unpaired) electrons. The molecule has 132 valence electrons. The van der Waals surface area contributed by atoms with Gasteiger partial charge >= 0.3 is 0 Å². The van der Waals surface area contributed by atoms with Crippen molar-refractivity contribution in [2.45, 2.75) is 23.0 Å². The molecule has 0 saturated heterocycles. The first kappa shape index (κ1) is 18.0. The molecule has 0 aliphatic heterocycles. The number of rotatable bonds is 6. The van der Waals surface area contributed by atoms with E-state index in [9.17, 15) is 8.42 Å². The molecule has 1 fully saturated rings. The fourth-order valence-corrected chi connectivity index (χ4v) is 6.43. The zero-order valence-corrected chi connectivity index (χ0v) is 15.8. The van der Waals surface area contributed by atoms with Gasteiger partial charge in [0.15, 0.2) is 9.84 Å². The molecule has 3 rings (SSSR count). The van der Waals surface area contributed by atoms with Gasteiger partial charge in [-0.2, -0.15) is 0 Å². The molecule has 0 amide bonds. The van der Waals surface area contributed by atoms with E-state index < -0.39 is 20.5 Å². The van der Waals surface area contributed by atoms with Crippen LogP contribution in [0.25, 0.3) is 0 Å². The molecular formula is C19H21NO3S2. The van der Waals surface area contributed by atoms with Gasteiger partial charge in [0.25, 0.3) is 0 Å². The topological polar surface area (TPSA) is 69.4 Å². The number of sulfone groups is 1. The number of methoxy groups -OCH3 is 1. The van der Waals surface area contributed by atoms with Crippen LogP contribution in [0.15, 0.2) is 59.5 Å². The highest BCUT2D eigenvalue weighted by Gasteiger charge is 2.73. The Morgan fingerprint density at radius 1 is 1.16 bits per heavy atom. The van der Waals surface area contributed by atoms with Crippen LogP contribution in [-0.2, 0) is 14.6 Å². The number of thiocarbonyl (C=S) groups is 1. The molecule has 6 heteroatoms. The van der Waals surface area contributed by atoms with Crippen molar-refractivity contribution in [3.63, 3.8) is 0 Å². The monoisotopic (exact) mass is 375 g/mol. The summed E-state index contributed by atoms with van der Waals surface area (Å²) in [5.74, 6) is -0.309. The summed E-state index contributed by atoms with van der Waals surface area (Å²) in [6, 6.07) is 16.3. The van der Waals surface area contributed by atoms with E-state index in [0.29, 0.717) is 0 Å². The van der Waals surface area contributed by atoms with Gasteiger partial charge < -0.3 is 10.5 Å². The molecule has 2 aromatic rings. The van der Waals surface area contributed by atoms with Crippen LogP contribution >= 0.6 is 12.2 Å². The molecule has 4 nitrogen and oxygen atoms in total. The summed E-state index contributed by atoms with van der Waals surface area (Å²) in [6.07, 6.45) is 0. The van der Waals surface area contributed by atoms with Crippen LogP contribution in [-0.4, -0.2) is 32.4 Å². The number of benzene rings is 2. The molecule has 0 aromatic heterocycles. The molecule has 0 heterocycles. The van der Waals surface area contributed by atoms with Crippen molar-refractivity contribution in [3.05, 3.63) is 65.7 Å². The molecule has 25 heavy (non-hydrogen) atoms. The zero-order valence-electron chi connectivity index (χ0n) is 14.2. The zero-order chi connectivity index (χ0) is 18.2.